The van der Waals surface area contributed by atoms with Gasteiger partial charge in [0.05, 0.1) is 0 Å². The molecule has 3 rings (SSSR count). The van der Waals surface area contributed by atoms with Crippen LogP contribution in [0.3, 0.4) is 0 Å². The first kappa shape index (κ1) is 18.6. The van der Waals surface area contributed by atoms with Gasteiger partial charge < -0.3 is 14.5 Å². The summed E-state index contributed by atoms with van der Waals surface area (Å²) in [6.45, 7) is 4.67. The molecule has 1 atom stereocenters. The highest BCUT2D eigenvalue weighted by Crippen LogP contribution is 2.41. The summed E-state index contributed by atoms with van der Waals surface area (Å²) in [5.41, 5.74) is 1.18. The Morgan fingerprint density at radius 1 is 1.27 bits per heavy atom. The number of nitrogens with zero attached hydrogens (tertiary/aromatic N) is 2. The van der Waals surface area contributed by atoms with Gasteiger partial charge in [-0.3, -0.25) is 9.59 Å². The van der Waals surface area contributed by atoms with Crippen molar-refractivity contribution in [3.05, 3.63) is 42.0 Å². The van der Waals surface area contributed by atoms with Gasteiger partial charge in [-0.05, 0) is 25.3 Å². The Hall–Kier alpha value is -2.14. The van der Waals surface area contributed by atoms with Crippen molar-refractivity contribution in [2.75, 3.05) is 33.3 Å². The van der Waals surface area contributed by atoms with Gasteiger partial charge in [-0.1, -0.05) is 42.5 Å². The Balaban J connectivity index is 1.53. The van der Waals surface area contributed by atoms with Crippen LogP contribution in [0.4, 0.5) is 0 Å². The fourth-order valence-corrected chi connectivity index (χ4v) is 3.92. The van der Waals surface area contributed by atoms with Crippen LogP contribution in [0.1, 0.15) is 31.7 Å². The van der Waals surface area contributed by atoms with E-state index >= 15 is 0 Å². The van der Waals surface area contributed by atoms with Crippen molar-refractivity contribution in [2.45, 2.75) is 32.3 Å². The first-order chi connectivity index (χ1) is 12.5. The normalized spacial score (nSPS) is 20.9. The molecule has 5 heteroatoms. The SMILES string of the molecule is CO[C@H](C)C(=O)N1CCC2(CC1)CC(=O)N(C/C=C/c1ccccc1)C2. The third-order valence-corrected chi connectivity index (χ3v) is 5.68. The standard InChI is InChI=1S/C21H28N2O3/c1-17(26-2)20(25)22-13-10-21(11-14-22)15-19(24)23(16-21)12-6-9-18-7-4-3-5-8-18/h3-9,17H,10-16H2,1-2H3/b9-6+/t17-/m1/s1. The van der Waals surface area contributed by atoms with E-state index in [4.69, 9.17) is 4.74 Å². The molecule has 26 heavy (non-hydrogen) atoms. The summed E-state index contributed by atoms with van der Waals surface area (Å²) in [6.07, 6.45) is 6.11. The van der Waals surface area contributed by atoms with Crippen molar-refractivity contribution < 1.29 is 14.3 Å². The molecule has 1 aromatic rings. The Morgan fingerprint density at radius 2 is 1.96 bits per heavy atom. The molecule has 140 valence electrons. The average Bonchev–Trinajstić information content (AvgIpc) is 2.97. The molecule has 1 aromatic carbocycles. The maximum Gasteiger partial charge on any atom is 0.251 e. The molecule has 0 radical (unpaired) electrons. The zero-order valence-corrected chi connectivity index (χ0v) is 15.7. The minimum absolute atomic E-state index is 0.0325. The molecule has 2 fully saturated rings. The summed E-state index contributed by atoms with van der Waals surface area (Å²) in [7, 11) is 1.56. The predicted octanol–water partition coefficient (Wildman–Crippen LogP) is 2.58. The first-order valence-corrected chi connectivity index (χ1v) is 9.34. The molecule has 0 N–H and O–H groups in total. The molecule has 0 bridgehead atoms. The Bertz CT molecular complexity index is 663. The number of piperidine rings is 1. The average molecular weight is 356 g/mol. The van der Waals surface area contributed by atoms with Crippen molar-refractivity contribution in [2.24, 2.45) is 5.41 Å². The summed E-state index contributed by atoms with van der Waals surface area (Å²) in [6, 6.07) is 10.1. The lowest BCUT2D eigenvalue weighted by Gasteiger charge is -2.39. The van der Waals surface area contributed by atoms with Gasteiger partial charge >= 0.3 is 0 Å². The molecule has 1 spiro atoms. The van der Waals surface area contributed by atoms with Crippen LogP contribution in [0.25, 0.3) is 6.08 Å². The van der Waals surface area contributed by atoms with Crippen LogP contribution in [0, 0.1) is 5.41 Å². The summed E-state index contributed by atoms with van der Waals surface area (Å²) < 4.78 is 5.14. The Kier molecular flexibility index (Phi) is 5.77. The lowest BCUT2D eigenvalue weighted by molar-refractivity contribution is -0.143. The molecule has 2 aliphatic heterocycles. The lowest BCUT2D eigenvalue weighted by Crippen LogP contribution is -2.47. The van der Waals surface area contributed by atoms with Crippen molar-refractivity contribution >= 4 is 17.9 Å². The number of ether oxygens (including phenoxy) is 1. The van der Waals surface area contributed by atoms with E-state index in [2.05, 4.69) is 24.3 Å². The van der Waals surface area contributed by atoms with Crippen LogP contribution in [-0.4, -0.2) is 61.0 Å². The largest absolute Gasteiger partial charge is 0.372 e. The fourth-order valence-electron chi connectivity index (χ4n) is 3.92. The van der Waals surface area contributed by atoms with Gasteiger partial charge in [0, 0.05) is 45.1 Å². The molecule has 0 aromatic heterocycles. The third-order valence-electron chi connectivity index (χ3n) is 5.68. The highest BCUT2D eigenvalue weighted by atomic mass is 16.5. The topological polar surface area (TPSA) is 49.9 Å². The summed E-state index contributed by atoms with van der Waals surface area (Å²) in [4.78, 5) is 28.5. The first-order valence-electron chi connectivity index (χ1n) is 9.34. The van der Waals surface area contributed by atoms with Gasteiger partial charge in [0.1, 0.15) is 6.10 Å². The number of methoxy groups -OCH3 is 1. The van der Waals surface area contributed by atoms with Gasteiger partial charge in [-0.2, -0.15) is 0 Å². The Morgan fingerprint density at radius 3 is 2.62 bits per heavy atom. The minimum atomic E-state index is -0.395. The van der Waals surface area contributed by atoms with Crippen LogP contribution in [-0.2, 0) is 14.3 Å². The molecule has 5 nitrogen and oxygen atoms in total. The van der Waals surface area contributed by atoms with E-state index in [0.717, 1.165) is 24.9 Å². The van der Waals surface area contributed by atoms with Crippen molar-refractivity contribution in [3.63, 3.8) is 0 Å². The number of likely N-dealkylation sites (tertiary alicyclic amines) is 2. The molecule has 2 amide bonds. The lowest BCUT2D eigenvalue weighted by atomic mass is 9.77. The number of amides is 2. The summed E-state index contributed by atoms with van der Waals surface area (Å²) in [5, 5.41) is 0. The van der Waals surface area contributed by atoms with Crippen molar-refractivity contribution in [1.29, 1.82) is 0 Å². The fraction of sp³-hybridized carbons (Fsp3) is 0.524. The molecule has 2 saturated heterocycles. The number of rotatable bonds is 5. The predicted molar refractivity (Wildman–Crippen MR) is 101 cm³/mol. The van der Waals surface area contributed by atoms with Crippen LogP contribution in [0.2, 0.25) is 0 Å². The number of carbonyl (C=O) groups is 2. The third kappa shape index (κ3) is 4.15. The smallest absolute Gasteiger partial charge is 0.251 e. The van der Waals surface area contributed by atoms with Gasteiger partial charge in [0.15, 0.2) is 0 Å². The van der Waals surface area contributed by atoms with E-state index in [1.165, 1.54) is 0 Å². The van der Waals surface area contributed by atoms with Crippen LogP contribution < -0.4 is 0 Å². The molecule has 2 aliphatic rings. The Labute approximate surface area is 155 Å². The molecular weight excluding hydrogens is 328 g/mol. The van der Waals surface area contributed by atoms with Gasteiger partial charge in [-0.25, -0.2) is 0 Å². The van der Waals surface area contributed by atoms with E-state index in [1.807, 2.05) is 28.0 Å². The van der Waals surface area contributed by atoms with Gasteiger partial charge in [0.25, 0.3) is 5.91 Å². The summed E-state index contributed by atoms with van der Waals surface area (Å²) >= 11 is 0. The number of benzene rings is 1. The van der Waals surface area contributed by atoms with E-state index in [-0.39, 0.29) is 17.2 Å². The van der Waals surface area contributed by atoms with Crippen LogP contribution in [0.15, 0.2) is 36.4 Å². The molecule has 2 heterocycles. The zero-order valence-electron chi connectivity index (χ0n) is 15.7. The van der Waals surface area contributed by atoms with E-state index in [1.54, 1.807) is 14.0 Å². The van der Waals surface area contributed by atoms with Gasteiger partial charge in [0.2, 0.25) is 5.91 Å². The molecule has 0 unspecified atom stereocenters. The number of carbonyl (C=O) groups excluding carboxylic acids is 2. The van der Waals surface area contributed by atoms with Crippen LogP contribution >= 0.6 is 0 Å². The highest BCUT2D eigenvalue weighted by molar-refractivity contribution is 5.81. The minimum Gasteiger partial charge on any atom is -0.372 e. The van der Waals surface area contributed by atoms with E-state index in [0.29, 0.717) is 26.1 Å². The quantitative estimate of drug-likeness (QED) is 0.815. The van der Waals surface area contributed by atoms with Crippen molar-refractivity contribution in [1.82, 2.24) is 9.80 Å². The van der Waals surface area contributed by atoms with E-state index in [9.17, 15) is 9.59 Å². The number of hydrogen-bond acceptors (Lipinski definition) is 3. The summed E-state index contributed by atoms with van der Waals surface area (Å²) in [5.74, 6) is 0.280. The van der Waals surface area contributed by atoms with Crippen molar-refractivity contribution in [3.8, 4) is 0 Å². The van der Waals surface area contributed by atoms with E-state index < -0.39 is 6.10 Å². The molecule has 0 aliphatic carbocycles. The van der Waals surface area contributed by atoms with Gasteiger partial charge in [-0.15, -0.1) is 0 Å². The molecule has 0 saturated carbocycles. The second-order valence-corrected chi connectivity index (χ2v) is 7.47. The maximum atomic E-state index is 12.5. The monoisotopic (exact) mass is 356 g/mol. The second kappa shape index (κ2) is 8.04. The zero-order chi connectivity index (χ0) is 18.6. The highest BCUT2D eigenvalue weighted by Gasteiger charge is 2.45. The van der Waals surface area contributed by atoms with Crippen LogP contribution in [0.5, 0.6) is 0 Å². The molecular formula is C21H28N2O3. The number of hydrogen-bond donors (Lipinski definition) is 0. The second-order valence-electron chi connectivity index (χ2n) is 7.47. The maximum absolute atomic E-state index is 12.5.